The Morgan fingerprint density at radius 3 is 1.46 bits per heavy atom. The van der Waals surface area contributed by atoms with Gasteiger partial charge in [-0.1, -0.05) is 49.5 Å². The van der Waals surface area contributed by atoms with Crippen molar-refractivity contribution < 1.29 is 12.3 Å². The number of unbranched alkanes of at least 4 members (excludes halogenated alkanes) is 1. The molecule has 0 spiro atoms. The van der Waals surface area contributed by atoms with Crippen molar-refractivity contribution in [2.75, 3.05) is 6.54 Å². The highest BCUT2D eigenvalue weighted by molar-refractivity contribution is 6.89. The van der Waals surface area contributed by atoms with Crippen molar-refractivity contribution in [3.8, 4) is 0 Å². The molecule has 0 radical (unpaired) electrons. The molecule has 0 amide bonds. The summed E-state index contributed by atoms with van der Waals surface area (Å²) in [5.41, 5.74) is 5.62. The summed E-state index contributed by atoms with van der Waals surface area (Å²) in [6.45, 7) is 23.2. The Kier molecular flexibility index (Phi) is 21.7. The summed E-state index contributed by atoms with van der Waals surface area (Å²) in [4.78, 5) is 0. The molecule has 0 aliphatic heterocycles. The quantitative estimate of drug-likeness (QED) is 0.232. The Hall–Kier alpha value is 0.708. The van der Waals surface area contributed by atoms with E-state index >= 15 is 0 Å². The van der Waals surface area contributed by atoms with Crippen LogP contribution in [0.15, 0.2) is 0 Å². The maximum Gasteiger partial charge on any atom is 0.316 e. The summed E-state index contributed by atoms with van der Waals surface area (Å²) in [6, 6.07) is 1.05. The van der Waals surface area contributed by atoms with E-state index in [1.165, 1.54) is 12.8 Å². The molecule has 0 heterocycles. The third kappa shape index (κ3) is 21.4. The van der Waals surface area contributed by atoms with Gasteiger partial charge >= 0.3 is 17.1 Å². The molecular weight excluding hydrogens is 415 g/mol. The van der Waals surface area contributed by atoms with Gasteiger partial charge in [0.15, 0.2) is 16.6 Å². The second kappa shape index (κ2) is 15.5. The number of nitrogens with two attached hydrogens (primary N) is 1. The topological polar surface area (TPSA) is 53.7 Å². The van der Waals surface area contributed by atoms with Crippen LogP contribution >= 0.6 is 0 Å². The average molecular weight is 474 g/mol. The highest BCUT2D eigenvalue weighted by atomic mass is 28.5. The van der Waals surface area contributed by atoms with Crippen LogP contribution in [-0.4, -0.2) is 40.3 Å². The van der Waals surface area contributed by atoms with E-state index in [1.807, 2.05) is 0 Å². The number of hydrogen-bond donors (Lipinski definition) is 1. The van der Waals surface area contributed by atoms with Gasteiger partial charge < -0.3 is 18.1 Å². The van der Waals surface area contributed by atoms with Crippen LogP contribution in [0.1, 0.15) is 55.9 Å². The molecule has 4 nitrogen and oxygen atoms in total. The maximum absolute atomic E-state index is 6.73. The van der Waals surface area contributed by atoms with Crippen LogP contribution in [0, 0.1) is 5.92 Å². The second-order valence-corrected chi connectivity index (χ2v) is 26.0. The molecule has 0 aromatic rings. The van der Waals surface area contributed by atoms with Crippen molar-refractivity contribution in [3.05, 3.63) is 0 Å². The maximum atomic E-state index is 6.73. The van der Waals surface area contributed by atoms with E-state index in [0.29, 0.717) is 5.92 Å². The summed E-state index contributed by atoms with van der Waals surface area (Å²) in [5.74, 6) is 0.612. The van der Waals surface area contributed by atoms with Crippen LogP contribution in [-0.2, 0) is 12.3 Å². The zero-order valence-electron chi connectivity index (χ0n) is 17.9. The molecule has 0 bridgehead atoms. The fraction of sp³-hybridized carbons (Fsp3) is 1.00. The molecule has 28 heavy (non-hydrogen) atoms. The molecule has 0 rings (SSSR count). The van der Waals surface area contributed by atoms with Crippen LogP contribution in [0.4, 0.5) is 0 Å². The first kappa shape index (κ1) is 39.2. The predicted molar refractivity (Wildman–Crippen MR) is 143 cm³/mol. The Balaban J connectivity index is -0.000000441. The Bertz CT molecular complexity index is 371. The first-order valence-electron chi connectivity index (χ1n) is 9.38. The van der Waals surface area contributed by atoms with Gasteiger partial charge in [-0.15, -0.1) is 0 Å². The van der Waals surface area contributed by atoms with Crippen LogP contribution < -0.4 is 5.73 Å². The van der Waals surface area contributed by atoms with Gasteiger partial charge in [0.25, 0.3) is 0 Å². The van der Waals surface area contributed by atoms with Gasteiger partial charge in [-0.05, 0) is 83.9 Å². The molecule has 8 heteroatoms. The molecular formula is C20H59NO3Si4. The smallest absolute Gasteiger partial charge is 0.316 e. The van der Waals surface area contributed by atoms with Crippen molar-refractivity contribution >= 4 is 33.8 Å². The molecule has 2 atom stereocenters. The van der Waals surface area contributed by atoms with E-state index < -0.39 is 33.8 Å². The van der Waals surface area contributed by atoms with E-state index in [-0.39, 0.29) is 29.7 Å². The van der Waals surface area contributed by atoms with Crippen molar-refractivity contribution in [3.63, 3.8) is 0 Å². The van der Waals surface area contributed by atoms with Gasteiger partial charge in [-0.3, -0.25) is 0 Å². The molecule has 2 unspecified atom stereocenters. The molecule has 0 saturated heterocycles. The monoisotopic (exact) mass is 473 g/mol. The summed E-state index contributed by atoms with van der Waals surface area (Å²) >= 11 is 0. The normalized spacial score (nSPS) is 15.1. The minimum Gasteiger partial charge on any atom is -0.437 e. The fourth-order valence-electron chi connectivity index (χ4n) is 3.40. The van der Waals surface area contributed by atoms with Gasteiger partial charge in [0.1, 0.15) is 0 Å². The lowest BCUT2D eigenvalue weighted by molar-refractivity contribution is 0.313. The molecule has 0 aliphatic rings. The van der Waals surface area contributed by atoms with Gasteiger partial charge in [0.2, 0.25) is 0 Å². The largest absolute Gasteiger partial charge is 0.437 e. The van der Waals surface area contributed by atoms with Crippen LogP contribution in [0.5, 0.6) is 0 Å². The van der Waals surface area contributed by atoms with Gasteiger partial charge in [-0.25, -0.2) is 0 Å². The molecule has 0 aromatic heterocycles. The zero-order chi connectivity index (χ0) is 19.2. The summed E-state index contributed by atoms with van der Waals surface area (Å²) in [7, 11) is -7.71. The highest BCUT2D eigenvalue weighted by Gasteiger charge is 2.45. The Morgan fingerprint density at radius 1 is 0.679 bits per heavy atom. The minimum atomic E-state index is -2.25. The molecule has 178 valence electrons. The Morgan fingerprint density at radius 2 is 1.11 bits per heavy atom. The number of hydrogen-bond acceptors (Lipinski definition) is 4. The first-order valence-corrected chi connectivity index (χ1v) is 21.5. The van der Waals surface area contributed by atoms with Crippen LogP contribution in [0.25, 0.3) is 0 Å². The average Bonchev–Trinajstić information content (AvgIpc) is 2.20. The SMILES string of the molecule is C.C.C.C.CC(CCCCN)C[Si](C)(O[Si](C)(C)C)O[Si](C)(C)O[Si](C)(C)C. The van der Waals surface area contributed by atoms with Crippen molar-refractivity contribution in [2.45, 2.75) is 121 Å². The van der Waals surface area contributed by atoms with Crippen LogP contribution in [0.3, 0.4) is 0 Å². The van der Waals surface area contributed by atoms with Crippen molar-refractivity contribution in [1.29, 1.82) is 0 Å². The lowest BCUT2D eigenvalue weighted by atomic mass is 10.1. The van der Waals surface area contributed by atoms with Crippen LogP contribution in [0.2, 0.25) is 65.0 Å². The lowest BCUT2D eigenvalue weighted by Gasteiger charge is -2.42. The van der Waals surface area contributed by atoms with Gasteiger partial charge in [0.05, 0.1) is 0 Å². The van der Waals surface area contributed by atoms with E-state index in [4.69, 9.17) is 18.1 Å². The van der Waals surface area contributed by atoms with E-state index in [2.05, 4.69) is 65.8 Å². The number of rotatable bonds is 12. The first-order chi connectivity index (χ1) is 10.6. The molecule has 2 N–H and O–H groups in total. The fourth-order valence-corrected chi connectivity index (χ4v) is 21.9. The third-order valence-corrected chi connectivity index (χ3v) is 17.1. The summed E-state index contributed by atoms with van der Waals surface area (Å²) in [6.07, 6.45) is 3.51. The van der Waals surface area contributed by atoms with Crippen molar-refractivity contribution in [2.24, 2.45) is 11.7 Å². The second-order valence-electron chi connectivity index (χ2n) is 9.66. The van der Waals surface area contributed by atoms with E-state index in [9.17, 15) is 0 Å². The lowest BCUT2D eigenvalue weighted by Crippen LogP contribution is -2.57. The minimum absolute atomic E-state index is 0. The molecule has 0 fully saturated rings. The zero-order valence-corrected chi connectivity index (χ0v) is 21.9. The van der Waals surface area contributed by atoms with E-state index in [1.54, 1.807) is 0 Å². The summed E-state index contributed by atoms with van der Waals surface area (Å²) < 4.78 is 19.8. The Labute approximate surface area is 185 Å². The molecule has 0 saturated carbocycles. The molecule has 0 aromatic carbocycles. The van der Waals surface area contributed by atoms with Gasteiger partial charge in [0, 0.05) is 0 Å². The summed E-state index contributed by atoms with van der Waals surface area (Å²) in [5, 5.41) is 0. The standard InChI is InChI=1S/C16H43NO3Si4.4CH4/c1-16(13-11-12-14-17)15-24(10,19-22(5,6)7)20-23(8,9)18-21(2,3)4;;;;/h16H,11-15,17H2,1-10H3;4*1H4. The van der Waals surface area contributed by atoms with Crippen molar-refractivity contribution in [1.82, 2.24) is 0 Å². The highest BCUT2D eigenvalue weighted by Crippen LogP contribution is 2.30. The van der Waals surface area contributed by atoms with Gasteiger partial charge in [-0.2, -0.15) is 0 Å². The third-order valence-electron chi connectivity index (χ3n) is 3.41. The predicted octanol–water partition coefficient (Wildman–Crippen LogP) is 7.79. The van der Waals surface area contributed by atoms with E-state index in [0.717, 1.165) is 19.0 Å². The molecule has 0 aliphatic carbocycles.